The molecule has 0 amide bonds. The first-order chi connectivity index (χ1) is 10.2. The van der Waals surface area contributed by atoms with Crippen LogP contribution in [0, 0.1) is 0 Å². The van der Waals surface area contributed by atoms with Crippen molar-refractivity contribution in [2.24, 2.45) is 0 Å². The summed E-state index contributed by atoms with van der Waals surface area (Å²) in [7, 11) is 0. The van der Waals surface area contributed by atoms with Gasteiger partial charge in [0.1, 0.15) is 12.0 Å². The second kappa shape index (κ2) is 4.72. The molecule has 0 saturated heterocycles. The average molecular weight is 280 g/mol. The van der Waals surface area contributed by atoms with Gasteiger partial charge < -0.3 is 9.38 Å². The molecule has 0 unspecified atom stereocenters. The standard InChI is InChI=1S/C17H20N4/c1-11(2)12-7-8-15-16(18-10-21(15)9-12)17-19-13-5-3-4-6-14(13)20-17/h7-11H,3-6H2,1-2H3,(H,19,20). The Morgan fingerprint density at radius 1 is 1.19 bits per heavy atom. The van der Waals surface area contributed by atoms with Crippen molar-refractivity contribution in [3.05, 3.63) is 41.6 Å². The summed E-state index contributed by atoms with van der Waals surface area (Å²) in [5, 5.41) is 0. The highest BCUT2D eigenvalue weighted by molar-refractivity contribution is 5.73. The number of pyridine rings is 1. The van der Waals surface area contributed by atoms with E-state index in [0.29, 0.717) is 5.92 Å². The third-order valence-corrected chi connectivity index (χ3v) is 4.40. The number of nitrogens with zero attached hydrogens (tertiary/aromatic N) is 3. The lowest BCUT2D eigenvalue weighted by molar-refractivity contribution is 0.667. The lowest BCUT2D eigenvalue weighted by Crippen LogP contribution is -2.00. The molecule has 4 rings (SSSR count). The first-order valence-electron chi connectivity index (χ1n) is 7.77. The fourth-order valence-electron chi connectivity index (χ4n) is 3.11. The zero-order valence-corrected chi connectivity index (χ0v) is 12.6. The molecule has 0 fully saturated rings. The number of fused-ring (bicyclic) bond motifs is 2. The number of aromatic amines is 1. The van der Waals surface area contributed by atoms with Crippen LogP contribution in [-0.2, 0) is 12.8 Å². The summed E-state index contributed by atoms with van der Waals surface area (Å²) >= 11 is 0. The van der Waals surface area contributed by atoms with Crippen molar-refractivity contribution in [3.63, 3.8) is 0 Å². The number of imidazole rings is 2. The quantitative estimate of drug-likeness (QED) is 0.777. The third kappa shape index (κ3) is 2.06. The summed E-state index contributed by atoms with van der Waals surface area (Å²) in [6.45, 7) is 4.42. The van der Waals surface area contributed by atoms with Gasteiger partial charge in [0.15, 0.2) is 5.82 Å². The largest absolute Gasteiger partial charge is 0.340 e. The fourth-order valence-corrected chi connectivity index (χ4v) is 3.11. The van der Waals surface area contributed by atoms with Crippen LogP contribution in [0.1, 0.15) is 49.6 Å². The molecule has 0 atom stereocenters. The Kier molecular flexibility index (Phi) is 2.84. The third-order valence-electron chi connectivity index (χ3n) is 4.40. The lowest BCUT2D eigenvalue weighted by atomic mass is 10.0. The van der Waals surface area contributed by atoms with Crippen LogP contribution in [0.5, 0.6) is 0 Å². The fraction of sp³-hybridized carbons (Fsp3) is 0.412. The molecule has 0 aliphatic heterocycles. The molecule has 108 valence electrons. The molecule has 0 bridgehead atoms. The van der Waals surface area contributed by atoms with E-state index < -0.39 is 0 Å². The topological polar surface area (TPSA) is 46.0 Å². The summed E-state index contributed by atoms with van der Waals surface area (Å²) in [6, 6.07) is 4.34. The monoisotopic (exact) mass is 280 g/mol. The minimum absolute atomic E-state index is 0.524. The van der Waals surface area contributed by atoms with E-state index in [0.717, 1.165) is 29.9 Å². The SMILES string of the molecule is CC(C)c1ccc2c(-c3nc4c([nH]3)CCCC4)ncn2c1. The van der Waals surface area contributed by atoms with E-state index in [1.807, 2.05) is 6.33 Å². The second-order valence-corrected chi connectivity index (χ2v) is 6.22. The van der Waals surface area contributed by atoms with Crippen LogP contribution in [0.3, 0.4) is 0 Å². The van der Waals surface area contributed by atoms with E-state index >= 15 is 0 Å². The Hall–Kier alpha value is -2.10. The van der Waals surface area contributed by atoms with Crippen molar-refractivity contribution in [1.82, 2.24) is 19.4 Å². The number of aromatic nitrogens is 4. The Labute approximate surface area is 124 Å². The van der Waals surface area contributed by atoms with Crippen LogP contribution in [0.15, 0.2) is 24.7 Å². The highest BCUT2D eigenvalue weighted by atomic mass is 15.0. The van der Waals surface area contributed by atoms with Gasteiger partial charge in [-0.15, -0.1) is 0 Å². The highest BCUT2D eigenvalue weighted by Gasteiger charge is 2.18. The minimum Gasteiger partial charge on any atom is -0.340 e. The molecular weight excluding hydrogens is 260 g/mol. The van der Waals surface area contributed by atoms with Gasteiger partial charge in [0.2, 0.25) is 0 Å². The van der Waals surface area contributed by atoms with E-state index in [4.69, 9.17) is 4.98 Å². The van der Waals surface area contributed by atoms with Gasteiger partial charge in [-0.1, -0.05) is 19.9 Å². The molecule has 0 spiro atoms. The van der Waals surface area contributed by atoms with Gasteiger partial charge in [-0.3, -0.25) is 0 Å². The Balaban J connectivity index is 1.81. The molecule has 3 heterocycles. The minimum atomic E-state index is 0.524. The zero-order chi connectivity index (χ0) is 14.4. The average Bonchev–Trinajstić information content (AvgIpc) is 3.09. The van der Waals surface area contributed by atoms with Crippen molar-refractivity contribution in [1.29, 1.82) is 0 Å². The zero-order valence-electron chi connectivity index (χ0n) is 12.6. The van der Waals surface area contributed by atoms with Crippen molar-refractivity contribution >= 4 is 5.52 Å². The van der Waals surface area contributed by atoms with E-state index in [-0.39, 0.29) is 0 Å². The number of hydrogen-bond acceptors (Lipinski definition) is 2. The van der Waals surface area contributed by atoms with Gasteiger partial charge in [0, 0.05) is 11.9 Å². The van der Waals surface area contributed by atoms with Crippen LogP contribution < -0.4 is 0 Å². The van der Waals surface area contributed by atoms with Gasteiger partial charge in [0.05, 0.1) is 11.2 Å². The Morgan fingerprint density at radius 2 is 2.05 bits per heavy atom. The molecule has 3 aromatic rings. The van der Waals surface area contributed by atoms with E-state index in [1.165, 1.54) is 29.8 Å². The van der Waals surface area contributed by atoms with E-state index in [9.17, 15) is 0 Å². The van der Waals surface area contributed by atoms with Crippen LogP contribution in [0.25, 0.3) is 17.0 Å². The van der Waals surface area contributed by atoms with Crippen molar-refractivity contribution in [3.8, 4) is 11.5 Å². The molecule has 4 heteroatoms. The maximum Gasteiger partial charge on any atom is 0.158 e. The maximum absolute atomic E-state index is 4.77. The molecule has 21 heavy (non-hydrogen) atoms. The number of hydrogen-bond donors (Lipinski definition) is 1. The Morgan fingerprint density at radius 3 is 2.86 bits per heavy atom. The van der Waals surface area contributed by atoms with Gasteiger partial charge in [-0.2, -0.15) is 0 Å². The molecule has 1 aliphatic carbocycles. The van der Waals surface area contributed by atoms with Gasteiger partial charge in [-0.25, -0.2) is 9.97 Å². The van der Waals surface area contributed by atoms with Crippen molar-refractivity contribution in [2.45, 2.75) is 45.4 Å². The normalized spacial score (nSPS) is 14.8. The van der Waals surface area contributed by atoms with Gasteiger partial charge in [0.25, 0.3) is 0 Å². The molecule has 0 saturated carbocycles. The predicted molar refractivity (Wildman–Crippen MR) is 83.5 cm³/mol. The summed E-state index contributed by atoms with van der Waals surface area (Å²) in [5.41, 5.74) is 5.93. The molecule has 0 aromatic carbocycles. The first-order valence-corrected chi connectivity index (χ1v) is 7.77. The predicted octanol–water partition coefficient (Wildman–Crippen LogP) is 3.73. The number of nitrogens with one attached hydrogen (secondary N) is 1. The summed E-state index contributed by atoms with van der Waals surface area (Å²) in [4.78, 5) is 12.8. The summed E-state index contributed by atoms with van der Waals surface area (Å²) in [5.74, 6) is 1.44. The first kappa shape index (κ1) is 12.6. The van der Waals surface area contributed by atoms with E-state index in [1.54, 1.807) is 0 Å². The maximum atomic E-state index is 4.77. The van der Waals surface area contributed by atoms with Gasteiger partial charge in [-0.05, 0) is 43.2 Å². The van der Waals surface area contributed by atoms with Crippen LogP contribution in [-0.4, -0.2) is 19.4 Å². The van der Waals surface area contributed by atoms with Crippen LogP contribution in [0.4, 0.5) is 0 Å². The van der Waals surface area contributed by atoms with Crippen LogP contribution in [0.2, 0.25) is 0 Å². The number of rotatable bonds is 2. The number of H-pyrrole nitrogens is 1. The second-order valence-electron chi connectivity index (χ2n) is 6.22. The van der Waals surface area contributed by atoms with Crippen LogP contribution >= 0.6 is 0 Å². The molecule has 4 nitrogen and oxygen atoms in total. The molecule has 0 radical (unpaired) electrons. The van der Waals surface area contributed by atoms with Gasteiger partial charge >= 0.3 is 0 Å². The molecule has 1 aliphatic rings. The lowest BCUT2D eigenvalue weighted by Gasteiger charge is -2.07. The van der Waals surface area contributed by atoms with Crippen molar-refractivity contribution < 1.29 is 0 Å². The highest BCUT2D eigenvalue weighted by Crippen LogP contribution is 2.26. The van der Waals surface area contributed by atoms with E-state index in [2.05, 4.69) is 46.5 Å². The molecular formula is C17H20N4. The summed E-state index contributed by atoms with van der Waals surface area (Å²) in [6.07, 6.45) is 8.77. The molecule has 1 N–H and O–H groups in total. The summed E-state index contributed by atoms with van der Waals surface area (Å²) < 4.78 is 2.10. The Bertz CT molecular complexity index is 771. The smallest absolute Gasteiger partial charge is 0.158 e. The molecule has 3 aromatic heterocycles. The van der Waals surface area contributed by atoms with Crippen molar-refractivity contribution in [2.75, 3.05) is 0 Å². The number of aryl methyl sites for hydroxylation is 2.